The molecule has 1 N–H and O–H groups in total. The number of hydrogen-bond donors (Lipinski definition) is 1. The number of para-hydroxylation sites is 1. The Balaban J connectivity index is 1.82. The molecule has 5 nitrogen and oxygen atoms in total. The van der Waals surface area contributed by atoms with E-state index in [4.69, 9.17) is 21.1 Å². The average molecular weight is 466 g/mol. The Morgan fingerprint density at radius 2 is 1.79 bits per heavy atom. The van der Waals surface area contributed by atoms with E-state index < -0.39 is 11.9 Å². The van der Waals surface area contributed by atoms with Crippen LogP contribution in [-0.2, 0) is 14.3 Å². The Morgan fingerprint density at radius 3 is 2.45 bits per heavy atom. The van der Waals surface area contributed by atoms with Crippen LogP contribution in [0.3, 0.4) is 0 Å². The van der Waals surface area contributed by atoms with Crippen LogP contribution in [0, 0.1) is 0 Å². The molecule has 0 radical (unpaired) electrons. The van der Waals surface area contributed by atoms with Crippen LogP contribution in [0.5, 0.6) is 5.75 Å². The molecule has 2 aromatic rings. The molecule has 2 atom stereocenters. The number of carbonyl (C=O) groups excluding carboxylic acids is 2. The first-order chi connectivity index (χ1) is 15.8. The van der Waals surface area contributed by atoms with Crippen molar-refractivity contribution in [1.29, 1.82) is 0 Å². The minimum absolute atomic E-state index is 0.0157. The van der Waals surface area contributed by atoms with Gasteiger partial charge in [0.15, 0.2) is 5.78 Å². The van der Waals surface area contributed by atoms with E-state index in [2.05, 4.69) is 5.32 Å². The molecule has 6 heteroatoms. The van der Waals surface area contributed by atoms with Crippen molar-refractivity contribution < 1.29 is 19.1 Å². The summed E-state index contributed by atoms with van der Waals surface area (Å²) in [6, 6.07) is 15.2. The zero-order chi connectivity index (χ0) is 23.7. The molecule has 0 spiro atoms. The Labute approximate surface area is 199 Å². The summed E-state index contributed by atoms with van der Waals surface area (Å²) in [7, 11) is 1.59. The van der Waals surface area contributed by atoms with Crippen LogP contribution in [-0.4, -0.2) is 25.0 Å². The van der Waals surface area contributed by atoms with E-state index in [0.29, 0.717) is 40.5 Å². The molecule has 0 aromatic heterocycles. The monoisotopic (exact) mass is 465 g/mol. The van der Waals surface area contributed by atoms with Crippen LogP contribution >= 0.6 is 11.6 Å². The summed E-state index contributed by atoms with van der Waals surface area (Å²) >= 11 is 6.06. The van der Waals surface area contributed by atoms with Crippen LogP contribution in [0.15, 0.2) is 71.1 Å². The van der Waals surface area contributed by atoms with Crippen molar-refractivity contribution in [2.75, 3.05) is 7.11 Å². The van der Waals surface area contributed by atoms with Crippen molar-refractivity contribution in [3.63, 3.8) is 0 Å². The van der Waals surface area contributed by atoms with Crippen LogP contribution < -0.4 is 10.1 Å². The smallest absolute Gasteiger partial charge is 0.337 e. The summed E-state index contributed by atoms with van der Waals surface area (Å²) < 4.78 is 11.2. The third kappa shape index (κ3) is 4.55. The number of nitrogens with one attached hydrogen (secondary N) is 1. The number of Topliss-reactive ketones (excluding diaryl/α,β-unsaturated/α-hetero) is 1. The van der Waals surface area contributed by atoms with Gasteiger partial charge in [-0.05, 0) is 56.9 Å². The number of hydrogen-bond acceptors (Lipinski definition) is 5. The number of ketones is 1. The van der Waals surface area contributed by atoms with Crippen LogP contribution in [0.1, 0.15) is 56.6 Å². The second kappa shape index (κ2) is 9.44. The fraction of sp³-hybridized carbons (Fsp3) is 0.333. The Kier molecular flexibility index (Phi) is 6.61. The molecule has 0 saturated heterocycles. The lowest BCUT2D eigenvalue weighted by Gasteiger charge is -2.37. The molecule has 0 amide bonds. The average Bonchev–Trinajstić information content (AvgIpc) is 2.77. The number of carbonyl (C=O) groups is 2. The summed E-state index contributed by atoms with van der Waals surface area (Å²) in [6.07, 6.45) is 0.750. The second-order valence-corrected chi connectivity index (χ2v) is 9.20. The summed E-state index contributed by atoms with van der Waals surface area (Å²) in [6.45, 7) is 5.49. The Morgan fingerprint density at radius 1 is 1.09 bits per heavy atom. The van der Waals surface area contributed by atoms with Crippen LogP contribution in [0.2, 0.25) is 5.02 Å². The molecule has 0 fully saturated rings. The third-order valence-corrected chi connectivity index (χ3v) is 6.43. The van der Waals surface area contributed by atoms with Crippen molar-refractivity contribution in [3.05, 3.63) is 87.2 Å². The number of benzene rings is 2. The van der Waals surface area contributed by atoms with E-state index in [0.717, 1.165) is 16.8 Å². The third-order valence-electron chi connectivity index (χ3n) is 6.18. The number of ether oxygens (including phenoxy) is 2. The van der Waals surface area contributed by atoms with Gasteiger partial charge in [0.2, 0.25) is 0 Å². The highest BCUT2D eigenvalue weighted by Gasteiger charge is 2.42. The second-order valence-electron chi connectivity index (χ2n) is 8.76. The summed E-state index contributed by atoms with van der Waals surface area (Å²) in [4.78, 5) is 26.8. The van der Waals surface area contributed by atoms with E-state index in [1.165, 1.54) is 0 Å². The van der Waals surface area contributed by atoms with Crippen molar-refractivity contribution >= 4 is 23.4 Å². The maximum absolute atomic E-state index is 13.6. The lowest BCUT2D eigenvalue weighted by Crippen LogP contribution is -2.36. The predicted octanol–water partition coefficient (Wildman–Crippen LogP) is 5.66. The number of esters is 1. The molecule has 0 bridgehead atoms. The highest BCUT2D eigenvalue weighted by atomic mass is 35.5. The van der Waals surface area contributed by atoms with Crippen molar-refractivity contribution in [2.45, 2.75) is 51.6 Å². The van der Waals surface area contributed by atoms with Gasteiger partial charge in [0, 0.05) is 34.0 Å². The maximum Gasteiger partial charge on any atom is 0.337 e. The van der Waals surface area contributed by atoms with Crippen molar-refractivity contribution in [2.24, 2.45) is 0 Å². The first kappa shape index (κ1) is 23.1. The molecule has 33 heavy (non-hydrogen) atoms. The number of methoxy groups -OCH3 is 1. The Hall–Kier alpha value is -3.05. The molecule has 172 valence electrons. The molecule has 0 saturated carbocycles. The molecule has 1 aliphatic carbocycles. The molecular weight excluding hydrogens is 438 g/mol. The molecule has 1 heterocycles. The van der Waals surface area contributed by atoms with E-state index in [1.807, 2.05) is 69.3 Å². The van der Waals surface area contributed by atoms with Gasteiger partial charge in [0.25, 0.3) is 0 Å². The maximum atomic E-state index is 13.6. The SMILES string of the molecule is COc1ccccc1[C@H]1C(C(=O)OC(C)C)=C(C)NC2=C1C(=O)C[C@H](c1ccc(Cl)cc1)C2. The highest BCUT2D eigenvalue weighted by molar-refractivity contribution is 6.30. The van der Waals surface area contributed by atoms with Gasteiger partial charge >= 0.3 is 5.97 Å². The predicted molar refractivity (Wildman–Crippen MR) is 128 cm³/mol. The van der Waals surface area contributed by atoms with E-state index >= 15 is 0 Å². The largest absolute Gasteiger partial charge is 0.496 e. The molecule has 2 aliphatic rings. The summed E-state index contributed by atoms with van der Waals surface area (Å²) in [5, 5.41) is 4.04. The molecule has 4 rings (SSSR count). The van der Waals surface area contributed by atoms with Gasteiger partial charge in [-0.1, -0.05) is 41.9 Å². The summed E-state index contributed by atoms with van der Waals surface area (Å²) in [5.41, 5.74) is 4.46. The molecule has 2 aromatic carbocycles. The van der Waals surface area contributed by atoms with E-state index in [1.54, 1.807) is 7.11 Å². The van der Waals surface area contributed by atoms with Crippen LogP contribution in [0.25, 0.3) is 0 Å². The zero-order valence-electron chi connectivity index (χ0n) is 19.3. The Bertz CT molecular complexity index is 1150. The topological polar surface area (TPSA) is 64.6 Å². The first-order valence-electron chi connectivity index (χ1n) is 11.1. The van der Waals surface area contributed by atoms with Gasteiger partial charge in [0.1, 0.15) is 5.75 Å². The molecular formula is C27H28ClNO4. The van der Waals surface area contributed by atoms with Gasteiger partial charge < -0.3 is 14.8 Å². The van der Waals surface area contributed by atoms with Gasteiger partial charge in [0.05, 0.1) is 24.7 Å². The summed E-state index contributed by atoms with van der Waals surface area (Å²) in [5.74, 6) is -0.294. The number of rotatable bonds is 5. The van der Waals surface area contributed by atoms with E-state index in [-0.39, 0.29) is 17.8 Å². The number of allylic oxidation sites excluding steroid dienone is 3. The zero-order valence-corrected chi connectivity index (χ0v) is 20.0. The lowest BCUT2D eigenvalue weighted by atomic mass is 9.71. The standard InChI is InChI=1S/C27H28ClNO4/c1-15(2)33-27(31)24-16(3)29-21-13-18(17-9-11-19(28)12-10-17)14-22(30)26(21)25(24)20-7-5-6-8-23(20)32-4/h5-12,15,18,25,29H,13-14H2,1-4H3/t18-,25+/m1/s1. The lowest BCUT2D eigenvalue weighted by molar-refractivity contribution is -0.143. The van der Waals surface area contributed by atoms with Gasteiger partial charge in [-0.2, -0.15) is 0 Å². The van der Waals surface area contributed by atoms with Gasteiger partial charge in [-0.3, -0.25) is 4.79 Å². The van der Waals surface area contributed by atoms with E-state index in [9.17, 15) is 9.59 Å². The van der Waals surface area contributed by atoms with Crippen molar-refractivity contribution in [3.8, 4) is 5.75 Å². The quantitative estimate of drug-likeness (QED) is 0.577. The fourth-order valence-electron chi connectivity index (χ4n) is 4.77. The molecule has 1 aliphatic heterocycles. The van der Waals surface area contributed by atoms with Gasteiger partial charge in [-0.25, -0.2) is 4.79 Å². The molecule has 0 unspecified atom stereocenters. The van der Waals surface area contributed by atoms with Crippen LogP contribution in [0.4, 0.5) is 0 Å². The number of halogens is 1. The highest BCUT2D eigenvalue weighted by Crippen LogP contribution is 2.47. The number of dihydropyridines is 1. The minimum atomic E-state index is -0.553. The minimum Gasteiger partial charge on any atom is -0.496 e. The van der Waals surface area contributed by atoms with Gasteiger partial charge in [-0.15, -0.1) is 0 Å². The fourth-order valence-corrected chi connectivity index (χ4v) is 4.90. The normalized spacial score (nSPS) is 20.5. The first-order valence-corrected chi connectivity index (χ1v) is 11.5. The van der Waals surface area contributed by atoms with Crippen molar-refractivity contribution in [1.82, 2.24) is 5.32 Å².